The molecule has 1 aliphatic rings. The molecule has 0 radical (unpaired) electrons. The van der Waals surface area contributed by atoms with Crippen molar-refractivity contribution in [1.29, 1.82) is 0 Å². The van der Waals surface area contributed by atoms with Crippen molar-refractivity contribution in [3.8, 4) is 34.3 Å². The largest absolute Gasteiger partial charge is 0.507 e. The summed E-state index contributed by atoms with van der Waals surface area (Å²) in [7, 11) is 0. The summed E-state index contributed by atoms with van der Waals surface area (Å²) in [5, 5.41) is 27.5. The molecule has 1 amide bonds. The summed E-state index contributed by atoms with van der Waals surface area (Å²) >= 11 is 6.04. The first kappa shape index (κ1) is 20.9. The van der Waals surface area contributed by atoms with E-state index in [1.165, 1.54) is 12.1 Å². The zero-order chi connectivity index (χ0) is 22.9. The van der Waals surface area contributed by atoms with Crippen LogP contribution in [0.4, 0.5) is 0 Å². The number of benzene rings is 3. The fraction of sp³-hybridized carbons (Fsp3) is 0.120. The number of aromatic hydroxyl groups is 2. The molecule has 0 saturated carbocycles. The van der Waals surface area contributed by atoms with E-state index in [-0.39, 0.29) is 22.4 Å². The molecule has 1 aromatic heterocycles. The van der Waals surface area contributed by atoms with Gasteiger partial charge < -0.3 is 19.8 Å². The number of hydrogen-bond acceptors (Lipinski definition) is 5. The van der Waals surface area contributed by atoms with Gasteiger partial charge in [0.1, 0.15) is 28.7 Å². The van der Waals surface area contributed by atoms with Crippen LogP contribution in [0.3, 0.4) is 0 Å². The Hall–Kier alpha value is -3.97. The number of para-hydroxylation sites is 1. The Labute approximate surface area is 194 Å². The Kier molecular flexibility index (Phi) is 5.40. The van der Waals surface area contributed by atoms with Crippen LogP contribution >= 0.6 is 11.6 Å². The number of phenols is 2. The third kappa shape index (κ3) is 4.10. The van der Waals surface area contributed by atoms with E-state index >= 15 is 0 Å². The maximum absolute atomic E-state index is 13.2. The fourth-order valence-electron chi connectivity index (χ4n) is 3.90. The maximum Gasteiger partial charge on any atom is 0.254 e. The van der Waals surface area contributed by atoms with Gasteiger partial charge >= 0.3 is 0 Å². The van der Waals surface area contributed by atoms with Crippen LogP contribution in [0.5, 0.6) is 23.0 Å². The molecule has 0 spiro atoms. The maximum atomic E-state index is 13.2. The Balaban J connectivity index is 1.36. The summed E-state index contributed by atoms with van der Waals surface area (Å²) in [5.41, 5.74) is 3.18. The summed E-state index contributed by atoms with van der Waals surface area (Å²) in [5.74, 6) is 0.926. The summed E-state index contributed by atoms with van der Waals surface area (Å²) < 4.78 is 5.80. The lowest BCUT2D eigenvalue weighted by atomic mass is 9.99. The highest BCUT2D eigenvalue weighted by atomic mass is 35.5. The van der Waals surface area contributed by atoms with Crippen molar-refractivity contribution < 1.29 is 19.7 Å². The third-order valence-corrected chi connectivity index (χ3v) is 5.92. The van der Waals surface area contributed by atoms with Crippen LogP contribution in [-0.4, -0.2) is 37.8 Å². The summed E-state index contributed by atoms with van der Waals surface area (Å²) in [4.78, 5) is 14.9. The number of aromatic nitrogens is 2. The van der Waals surface area contributed by atoms with Crippen LogP contribution in [0.15, 0.2) is 66.7 Å². The van der Waals surface area contributed by atoms with Crippen molar-refractivity contribution in [2.45, 2.75) is 13.0 Å². The zero-order valence-corrected chi connectivity index (χ0v) is 18.2. The van der Waals surface area contributed by atoms with Gasteiger partial charge in [0.05, 0.1) is 5.02 Å². The van der Waals surface area contributed by atoms with E-state index in [4.69, 9.17) is 16.3 Å². The summed E-state index contributed by atoms with van der Waals surface area (Å²) in [6.45, 7) is 0.873. The Morgan fingerprint density at radius 3 is 2.48 bits per heavy atom. The Bertz CT molecular complexity index is 1320. The number of halogens is 1. The molecule has 0 unspecified atom stereocenters. The molecule has 166 valence electrons. The Morgan fingerprint density at radius 1 is 1.00 bits per heavy atom. The lowest BCUT2D eigenvalue weighted by Crippen LogP contribution is -2.35. The molecule has 7 nitrogen and oxygen atoms in total. The third-order valence-electron chi connectivity index (χ3n) is 5.62. The van der Waals surface area contributed by atoms with Crippen molar-refractivity contribution in [1.82, 2.24) is 15.1 Å². The first-order chi connectivity index (χ1) is 16.0. The van der Waals surface area contributed by atoms with E-state index in [9.17, 15) is 15.0 Å². The molecule has 5 rings (SSSR count). The molecule has 8 heteroatoms. The van der Waals surface area contributed by atoms with Crippen LogP contribution in [0, 0.1) is 0 Å². The minimum Gasteiger partial charge on any atom is -0.507 e. The topological polar surface area (TPSA) is 98.7 Å². The monoisotopic (exact) mass is 461 g/mol. The van der Waals surface area contributed by atoms with Gasteiger partial charge in [-0.1, -0.05) is 29.8 Å². The number of aromatic amines is 1. The number of fused-ring (bicyclic) bond motifs is 1. The average Bonchev–Trinajstić information content (AvgIpc) is 3.25. The molecule has 0 saturated heterocycles. The second-order valence-corrected chi connectivity index (χ2v) is 8.17. The molecule has 33 heavy (non-hydrogen) atoms. The summed E-state index contributed by atoms with van der Waals surface area (Å²) in [6, 6.07) is 19.1. The van der Waals surface area contributed by atoms with Gasteiger partial charge in [-0.05, 0) is 42.5 Å². The van der Waals surface area contributed by atoms with Gasteiger partial charge in [0.2, 0.25) is 0 Å². The highest BCUT2D eigenvalue weighted by Gasteiger charge is 2.27. The van der Waals surface area contributed by atoms with Gasteiger partial charge in [-0.2, -0.15) is 5.10 Å². The molecular formula is C25H20ClN3O4. The predicted molar refractivity (Wildman–Crippen MR) is 124 cm³/mol. The van der Waals surface area contributed by atoms with Gasteiger partial charge in [-0.3, -0.25) is 9.89 Å². The molecule has 1 aliphatic heterocycles. The van der Waals surface area contributed by atoms with Crippen molar-refractivity contribution in [3.05, 3.63) is 88.6 Å². The normalized spacial score (nSPS) is 12.9. The second-order valence-electron chi connectivity index (χ2n) is 7.77. The second kappa shape index (κ2) is 8.52. The highest BCUT2D eigenvalue weighted by molar-refractivity contribution is 6.32. The smallest absolute Gasteiger partial charge is 0.254 e. The number of amides is 1. The lowest BCUT2D eigenvalue weighted by molar-refractivity contribution is 0.0734. The summed E-state index contributed by atoms with van der Waals surface area (Å²) in [6.07, 6.45) is 0.607. The molecule has 0 aliphatic carbocycles. The molecule has 4 aromatic rings. The van der Waals surface area contributed by atoms with Crippen molar-refractivity contribution in [2.75, 3.05) is 6.54 Å². The molecular weight excluding hydrogens is 442 g/mol. The van der Waals surface area contributed by atoms with Gasteiger partial charge in [-0.15, -0.1) is 0 Å². The van der Waals surface area contributed by atoms with Crippen molar-refractivity contribution >= 4 is 17.5 Å². The van der Waals surface area contributed by atoms with E-state index in [0.717, 1.165) is 17.0 Å². The van der Waals surface area contributed by atoms with Gasteiger partial charge in [0.25, 0.3) is 5.91 Å². The number of carbonyl (C=O) groups excluding carboxylic acids is 1. The van der Waals surface area contributed by atoms with Crippen LogP contribution in [0.1, 0.15) is 21.6 Å². The molecule has 0 fully saturated rings. The van der Waals surface area contributed by atoms with E-state index in [0.29, 0.717) is 42.1 Å². The van der Waals surface area contributed by atoms with Crippen LogP contribution in [0.25, 0.3) is 11.3 Å². The average molecular weight is 462 g/mol. The predicted octanol–water partition coefficient (Wildman–Crippen LogP) is 5.13. The van der Waals surface area contributed by atoms with Gasteiger partial charge in [0.15, 0.2) is 0 Å². The highest BCUT2D eigenvalue weighted by Crippen LogP contribution is 2.39. The van der Waals surface area contributed by atoms with E-state index < -0.39 is 0 Å². The SMILES string of the molecule is O=C(c1ccc(Oc2ccccc2)cc1)N1CCc2[nH]nc(-c3cc(Cl)c(O)cc3O)c2C1. The van der Waals surface area contributed by atoms with E-state index in [1.807, 2.05) is 30.3 Å². The number of nitrogens with one attached hydrogen (secondary N) is 1. The Morgan fingerprint density at radius 2 is 1.73 bits per heavy atom. The minimum absolute atomic E-state index is 0.105. The first-order valence-electron chi connectivity index (χ1n) is 10.4. The van der Waals surface area contributed by atoms with Crippen LogP contribution in [0.2, 0.25) is 5.02 Å². The molecule has 3 N–H and O–H groups in total. The number of nitrogens with zero attached hydrogens (tertiary/aromatic N) is 2. The first-order valence-corrected chi connectivity index (χ1v) is 10.8. The van der Waals surface area contributed by atoms with Crippen molar-refractivity contribution in [3.63, 3.8) is 0 Å². The fourth-order valence-corrected chi connectivity index (χ4v) is 4.07. The number of hydrogen-bond donors (Lipinski definition) is 3. The van der Waals surface area contributed by atoms with Crippen LogP contribution < -0.4 is 4.74 Å². The van der Waals surface area contributed by atoms with E-state index in [1.54, 1.807) is 29.2 Å². The van der Waals surface area contributed by atoms with Gasteiger partial charge in [0, 0.05) is 48.0 Å². The number of H-pyrrole nitrogens is 1. The van der Waals surface area contributed by atoms with E-state index in [2.05, 4.69) is 10.2 Å². The quantitative estimate of drug-likeness (QED) is 0.391. The number of rotatable bonds is 4. The molecule has 0 bridgehead atoms. The lowest BCUT2D eigenvalue weighted by Gasteiger charge is -2.27. The van der Waals surface area contributed by atoms with Crippen LogP contribution in [-0.2, 0) is 13.0 Å². The number of ether oxygens (including phenoxy) is 1. The molecule has 3 aromatic carbocycles. The van der Waals surface area contributed by atoms with Crippen molar-refractivity contribution in [2.24, 2.45) is 0 Å². The number of phenolic OH excluding ortho intramolecular Hbond substituents is 2. The number of carbonyl (C=O) groups is 1. The standard InChI is InChI=1S/C25H20ClN3O4/c26-20-12-18(22(30)13-23(20)31)24-19-14-29(11-10-21(19)27-28-24)25(32)15-6-8-17(9-7-15)33-16-4-2-1-3-5-16/h1-9,12-13,30-31H,10-11,14H2,(H,27,28). The molecule has 2 heterocycles. The van der Waals surface area contributed by atoms with Gasteiger partial charge in [-0.25, -0.2) is 0 Å². The zero-order valence-electron chi connectivity index (χ0n) is 17.5. The minimum atomic E-state index is -0.209. The molecule has 0 atom stereocenters.